The Bertz CT molecular complexity index is 568. The Kier molecular flexibility index (Phi) is 2.66. The number of anilines is 1. The molecule has 0 saturated carbocycles. The van der Waals surface area contributed by atoms with Crippen molar-refractivity contribution < 1.29 is 13.5 Å². The molecule has 2 N–H and O–H groups in total. The van der Waals surface area contributed by atoms with Gasteiger partial charge in [0.25, 0.3) is 5.88 Å². The molecule has 7 heteroatoms. The van der Waals surface area contributed by atoms with Gasteiger partial charge in [-0.3, -0.25) is 0 Å². The molecular weight excluding hydrogens is 230 g/mol. The number of nitrogen functional groups attached to an aromatic ring is 1. The van der Waals surface area contributed by atoms with Crippen LogP contribution in [0.4, 0.5) is 14.6 Å². The van der Waals surface area contributed by atoms with Gasteiger partial charge in [-0.05, 0) is 6.92 Å². The first-order valence-corrected chi connectivity index (χ1v) is 4.77. The van der Waals surface area contributed by atoms with Crippen LogP contribution in [0, 0.1) is 18.6 Å². The Labute approximate surface area is 95.8 Å². The third-order valence-electron chi connectivity index (χ3n) is 2.08. The van der Waals surface area contributed by atoms with Crippen molar-refractivity contribution in [2.45, 2.75) is 6.92 Å². The summed E-state index contributed by atoms with van der Waals surface area (Å²) < 4.78 is 32.8. The minimum atomic E-state index is -0.921. The quantitative estimate of drug-likeness (QED) is 0.868. The molecule has 0 aromatic carbocycles. The lowest BCUT2D eigenvalue weighted by atomic mass is 10.4. The second kappa shape index (κ2) is 4.00. The van der Waals surface area contributed by atoms with Crippen LogP contribution in [0.2, 0.25) is 0 Å². The van der Waals surface area contributed by atoms with Gasteiger partial charge >= 0.3 is 0 Å². The zero-order valence-corrected chi connectivity index (χ0v) is 9.24. The molecule has 2 heterocycles. The van der Waals surface area contributed by atoms with E-state index in [1.165, 1.54) is 4.68 Å². The Morgan fingerprint density at radius 3 is 2.59 bits per heavy atom. The Balaban J connectivity index is 2.36. The van der Waals surface area contributed by atoms with E-state index in [9.17, 15) is 8.78 Å². The molecule has 0 radical (unpaired) electrons. The van der Waals surface area contributed by atoms with Gasteiger partial charge in [0, 0.05) is 19.2 Å². The predicted octanol–water partition coefficient (Wildman–Crippen LogP) is 1.78. The van der Waals surface area contributed by atoms with E-state index in [-0.39, 0.29) is 5.88 Å². The van der Waals surface area contributed by atoms with E-state index in [1.807, 2.05) is 0 Å². The molecule has 0 fully saturated rings. The van der Waals surface area contributed by atoms with Crippen molar-refractivity contribution in [1.29, 1.82) is 0 Å². The van der Waals surface area contributed by atoms with Crippen molar-refractivity contribution in [3.63, 3.8) is 0 Å². The van der Waals surface area contributed by atoms with Crippen LogP contribution < -0.4 is 10.5 Å². The van der Waals surface area contributed by atoms with E-state index < -0.39 is 17.5 Å². The average Bonchev–Trinajstić information content (AvgIpc) is 2.54. The smallest absolute Gasteiger partial charge is 0.259 e. The molecule has 0 aliphatic carbocycles. The molecule has 0 aliphatic rings. The van der Waals surface area contributed by atoms with Gasteiger partial charge in [-0.15, -0.1) is 0 Å². The van der Waals surface area contributed by atoms with E-state index in [0.29, 0.717) is 17.6 Å². The molecule has 0 spiro atoms. The molecule has 0 unspecified atom stereocenters. The van der Waals surface area contributed by atoms with Gasteiger partial charge in [0.05, 0.1) is 5.69 Å². The molecule has 90 valence electrons. The lowest BCUT2D eigenvalue weighted by Crippen LogP contribution is -2.02. The lowest BCUT2D eigenvalue weighted by molar-refractivity contribution is 0.385. The molecule has 2 aromatic rings. The highest BCUT2D eigenvalue weighted by Crippen LogP contribution is 2.24. The zero-order chi connectivity index (χ0) is 12.6. The molecule has 0 atom stereocenters. The summed E-state index contributed by atoms with van der Waals surface area (Å²) in [5, 5.41) is 4.01. The summed E-state index contributed by atoms with van der Waals surface area (Å²) in [7, 11) is 1.63. The van der Waals surface area contributed by atoms with Crippen LogP contribution >= 0.6 is 0 Å². The maximum absolute atomic E-state index is 13.3. The monoisotopic (exact) mass is 240 g/mol. The van der Waals surface area contributed by atoms with E-state index in [0.717, 1.165) is 0 Å². The SMILES string of the molecule is Cc1cc(Oc2nc(N)c(F)cc2F)n(C)n1. The van der Waals surface area contributed by atoms with Crippen LogP contribution in [-0.4, -0.2) is 14.8 Å². The molecule has 2 aromatic heterocycles. The summed E-state index contributed by atoms with van der Waals surface area (Å²) in [5.41, 5.74) is 5.94. The van der Waals surface area contributed by atoms with Crippen molar-refractivity contribution in [2.75, 3.05) is 5.73 Å². The Hall–Kier alpha value is -2.18. The van der Waals surface area contributed by atoms with E-state index in [2.05, 4.69) is 10.1 Å². The molecule has 0 saturated heterocycles. The van der Waals surface area contributed by atoms with Crippen LogP contribution in [-0.2, 0) is 7.05 Å². The number of aromatic nitrogens is 3. The lowest BCUT2D eigenvalue weighted by Gasteiger charge is -2.06. The van der Waals surface area contributed by atoms with Crippen molar-refractivity contribution in [2.24, 2.45) is 7.05 Å². The maximum atomic E-state index is 13.3. The van der Waals surface area contributed by atoms with Crippen LogP contribution in [0.1, 0.15) is 5.69 Å². The van der Waals surface area contributed by atoms with Crippen molar-refractivity contribution in [3.8, 4) is 11.8 Å². The van der Waals surface area contributed by atoms with E-state index >= 15 is 0 Å². The highest BCUT2D eigenvalue weighted by atomic mass is 19.1. The number of hydrogen-bond acceptors (Lipinski definition) is 4. The van der Waals surface area contributed by atoms with Crippen LogP contribution in [0.5, 0.6) is 11.8 Å². The van der Waals surface area contributed by atoms with Gasteiger partial charge < -0.3 is 10.5 Å². The van der Waals surface area contributed by atoms with Crippen molar-refractivity contribution >= 4 is 5.82 Å². The fraction of sp³-hybridized carbons (Fsp3) is 0.200. The third-order valence-corrected chi connectivity index (χ3v) is 2.08. The van der Waals surface area contributed by atoms with Gasteiger partial charge in [-0.2, -0.15) is 10.1 Å². The topological polar surface area (TPSA) is 66.0 Å². The fourth-order valence-corrected chi connectivity index (χ4v) is 1.32. The number of nitrogens with two attached hydrogens (primary N) is 1. The second-order valence-electron chi connectivity index (χ2n) is 3.49. The molecular formula is C10H10F2N4O. The highest BCUT2D eigenvalue weighted by Gasteiger charge is 2.13. The highest BCUT2D eigenvalue weighted by molar-refractivity contribution is 5.35. The molecule has 0 bridgehead atoms. The Morgan fingerprint density at radius 2 is 2.00 bits per heavy atom. The van der Waals surface area contributed by atoms with Gasteiger partial charge in [0.2, 0.25) is 5.88 Å². The van der Waals surface area contributed by atoms with Crippen molar-refractivity contribution in [3.05, 3.63) is 29.5 Å². The zero-order valence-electron chi connectivity index (χ0n) is 9.24. The molecule has 0 aliphatic heterocycles. The number of hydrogen-bond donors (Lipinski definition) is 1. The van der Waals surface area contributed by atoms with Gasteiger partial charge in [-0.1, -0.05) is 0 Å². The minimum Gasteiger partial charge on any atom is -0.418 e. The Morgan fingerprint density at radius 1 is 1.29 bits per heavy atom. The molecule has 2 rings (SSSR count). The summed E-state index contributed by atoms with van der Waals surface area (Å²) in [6, 6.07) is 2.22. The number of halogens is 2. The third kappa shape index (κ3) is 2.17. The average molecular weight is 240 g/mol. The predicted molar refractivity (Wildman–Crippen MR) is 56.6 cm³/mol. The number of aryl methyl sites for hydroxylation is 2. The summed E-state index contributed by atoms with van der Waals surface area (Å²) in [6.07, 6.45) is 0. The normalized spacial score (nSPS) is 10.6. The summed E-state index contributed by atoms with van der Waals surface area (Å²) in [5.74, 6) is -2.35. The summed E-state index contributed by atoms with van der Waals surface area (Å²) >= 11 is 0. The minimum absolute atomic E-state index is 0.292. The van der Waals surface area contributed by atoms with Crippen LogP contribution in [0.25, 0.3) is 0 Å². The van der Waals surface area contributed by atoms with Crippen LogP contribution in [0.15, 0.2) is 12.1 Å². The van der Waals surface area contributed by atoms with Gasteiger partial charge in [-0.25, -0.2) is 13.5 Å². The first kappa shape index (κ1) is 11.3. The van der Waals surface area contributed by atoms with E-state index in [4.69, 9.17) is 10.5 Å². The van der Waals surface area contributed by atoms with Crippen molar-refractivity contribution in [1.82, 2.24) is 14.8 Å². The maximum Gasteiger partial charge on any atom is 0.259 e. The number of nitrogens with zero attached hydrogens (tertiary/aromatic N) is 3. The standard InChI is InChI=1S/C10H10F2N4O/c1-5-3-8(16(2)15-5)17-10-7(12)4-6(11)9(13)14-10/h3-4H,1-2H3,(H2,13,14). The largest absolute Gasteiger partial charge is 0.418 e. The molecule has 5 nitrogen and oxygen atoms in total. The van der Waals surface area contributed by atoms with E-state index in [1.54, 1.807) is 20.0 Å². The van der Waals surface area contributed by atoms with Gasteiger partial charge in [0.1, 0.15) is 0 Å². The fourth-order valence-electron chi connectivity index (χ4n) is 1.32. The number of ether oxygens (including phenoxy) is 1. The van der Waals surface area contributed by atoms with Crippen LogP contribution in [0.3, 0.4) is 0 Å². The second-order valence-corrected chi connectivity index (χ2v) is 3.49. The first-order chi connectivity index (χ1) is 7.97. The number of rotatable bonds is 2. The summed E-state index contributed by atoms with van der Waals surface area (Å²) in [6.45, 7) is 1.76. The van der Waals surface area contributed by atoms with Gasteiger partial charge in [0.15, 0.2) is 17.5 Å². The molecule has 17 heavy (non-hydrogen) atoms. The first-order valence-electron chi connectivity index (χ1n) is 4.77. The summed E-state index contributed by atoms with van der Waals surface area (Å²) in [4.78, 5) is 3.48. The molecule has 0 amide bonds. The number of pyridine rings is 1.